The van der Waals surface area contributed by atoms with Crippen molar-refractivity contribution in [3.63, 3.8) is 0 Å². The van der Waals surface area contributed by atoms with Gasteiger partial charge in [-0.25, -0.2) is 19.7 Å². The molecule has 0 radical (unpaired) electrons. The van der Waals surface area contributed by atoms with E-state index in [4.69, 9.17) is 0 Å². The molecule has 0 bridgehead atoms. The molecule has 1 unspecified atom stereocenters. The van der Waals surface area contributed by atoms with Crippen LogP contribution in [0.2, 0.25) is 0 Å². The largest absolute Gasteiger partial charge is 0.480 e. The van der Waals surface area contributed by atoms with Gasteiger partial charge in [0.05, 0.1) is 6.33 Å². The van der Waals surface area contributed by atoms with Gasteiger partial charge in [-0.15, -0.1) is 0 Å². The zero-order valence-electron chi connectivity index (χ0n) is 12.2. The Bertz CT molecular complexity index is 662. The SMILES string of the molecule is CC(C)CC(Nc1ncnc2c1ncn2C1CC1)C(=O)O. The number of imidazole rings is 1. The van der Waals surface area contributed by atoms with Gasteiger partial charge >= 0.3 is 5.97 Å². The minimum atomic E-state index is -0.878. The summed E-state index contributed by atoms with van der Waals surface area (Å²) in [6.45, 7) is 3.99. The molecular weight excluding hydrogens is 270 g/mol. The van der Waals surface area contributed by atoms with Crippen LogP contribution in [-0.4, -0.2) is 36.6 Å². The van der Waals surface area contributed by atoms with E-state index in [9.17, 15) is 9.90 Å². The molecule has 1 aliphatic carbocycles. The highest BCUT2D eigenvalue weighted by molar-refractivity contribution is 5.86. The van der Waals surface area contributed by atoms with Crippen LogP contribution < -0.4 is 5.32 Å². The fourth-order valence-electron chi connectivity index (χ4n) is 2.44. The Hall–Kier alpha value is -2.18. The first-order valence-corrected chi connectivity index (χ1v) is 7.23. The molecule has 0 saturated heterocycles. The summed E-state index contributed by atoms with van der Waals surface area (Å²) in [4.78, 5) is 24.2. The van der Waals surface area contributed by atoms with Crippen LogP contribution >= 0.6 is 0 Å². The van der Waals surface area contributed by atoms with E-state index < -0.39 is 12.0 Å². The molecule has 0 amide bonds. The van der Waals surface area contributed by atoms with Gasteiger partial charge in [0.1, 0.15) is 17.9 Å². The summed E-state index contributed by atoms with van der Waals surface area (Å²) in [6.07, 6.45) is 6.04. The molecule has 0 aliphatic heterocycles. The number of hydrogen-bond acceptors (Lipinski definition) is 5. The van der Waals surface area contributed by atoms with E-state index in [1.807, 2.05) is 18.4 Å². The van der Waals surface area contributed by atoms with Gasteiger partial charge in [-0.3, -0.25) is 0 Å². The second-order valence-corrected chi connectivity index (χ2v) is 5.94. The van der Waals surface area contributed by atoms with E-state index in [1.165, 1.54) is 6.33 Å². The molecule has 2 heterocycles. The fourth-order valence-corrected chi connectivity index (χ4v) is 2.44. The third kappa shape index (κ3) is 2.81. The van der Waals surface area contributed by atoms with E-state index in [0.717, 1.165) is 18.5 Å². The van der Waals surface area contributed by atoms with Gasteiger partial charge in [-0.1, -0.05) is 13.8 Å². The number of carbonyl (C=O) groups is 1. The average molecular weight is 289 g/mol. The summed E-state index contributed by atoms with van der Waals surface area (Å²) in [6, 6.07) is -0.196. The first kappa shape index (κ1) is 13.8. The summed E-state index contributed by atoms with van der Waals surface area (Å²) >= 11 is 0. The molecule has 3 rings (SSSR count). The third-order valence-corrected chi connectivity index (χ3v) is 3.62. The van der Waals surface area contributed by atoms with Crippen molar-refractivity contribution in [2.75, 3.05) is 5.32 Å². The number of fused-ring (bicyclic) bond motifs is 1. The lowest BCUT2D eigenvalue weighted by molar-refractivity contribution is -0.138. The highest BCUT2D eigenvalue weighted by atomic mass is 16.4. The molecule has 112 valence electrons. The van der Waals surface area contributed by atoms with Gasteiger partial charge in [0.2, 0.25) is 0 Å². The number of carboxylic acids is 1. The van der Waals surface area contributed by atoms with E-state index in [1.54, 1.807) is 6.33 Å². The topological polar surface area (TPSA) is 92.9 Å². The standard InChI is InChI=1S/C14H19N5O2/c1-8(2)5-10(14(20)21)18-12-11-13(16-6-15-12)19(7-17-11)9-3-4-9/h6-10H,3-5H2,1-2H3,(H,20,21)(H,15,16,18). The van der Waals surface area contributed by atoms with E-state index in [2.05, 4.69) is 20.3 Å². The molecule has 1 aliphatic rings. The highest BCUT2D eigenvalue weighted by Crippen LogP contribution is 2.37. The second-order valence-electron chi connectivity index (χ2n) is 5.94. The normalized spacial score (nSPS) is 16.3. The lowest BCUT2D eigenvalue weighted by Gasteiger charge is -2.17. The second kappa shape index (κ2) is 5.31. The number of anilines is 1. The van der Waals surface area contributed by atoms with Gasteiger partial charge in [-0.05, 0) is 25.2 Å². The molecular formula is C14H19N5O2. The summed E-state index contributed by atoms with van der Waals surface area (Å²) in [5, 5.41) is 12.3. The molecule has 2 aromatic rings. The molecule has 21 heavy (non-hydrogen) atoms. The van der Waals surface area contributed by atoms with Gasteiger partial charge < -0.3 is 15.0 Å². The predicted molar refractivity (Wildman–Crippen MR) is 78.1 cm³/mol. The summed E-state index contributed by atoms with van der Waals surface area (Å²) in [7, 11) is 0. The molecule has 1 saturated carbocycles. The van der Waals surface area contributed by atoms with Crippen LogP contribution in [0.25, 0.3) is 11.2 Å². The minimum Gasteiger partial charge on any atom is -0.480 e. The lowest BCUT2D eigenvalue weighted by atomic mass is 10.0. The maximum absolute atomic E-state index is 11.4. The summed E-state index contributed by atoms with van der Waals surface area (Å²) < 4.78 is 2.04. The first-order valence-electron chi connectivity index (χ1n) is 7.23. The molecule has 0 spiro atoms. The van der Waals surface area contributed by atoms with Crippen molar-refractivity contribution >= 4 is 23.0 Å². The maximum Gasteiger partial charge on any atom is 0.326 e. The van der Waals surface area contributed by atoms with Crippen LogP contribution in [0.1, 0.15) is 39.2 Å². The molecule has 0 aromatic carbocycles. The summed E-state index contributed by atoms with van der Waals surface area (Å²) in [5.74, 6) is -0.107. The molecule has 2 aromatic heterocycles. The first-order chi connectivity index (χ1) is 10.1. The number of rotatable bonds is 6. The Morgan fingerprint density at radius 1 is 1.43 bits per heavy atom. The Morgan fingerprint density at radius 3 is 2.81 bits per heavy atom. The number of carboxylic acid groups (broad SMARTS) is 1. The zero-order chi connectivity index (χ0) is 15.0. The Labute approximate surface area is 122 Å². The zero-order valence-corrected chi connectivity index (χ0v) is 12.2. The van der Waals surface area contributed by atoms with Gasteiger partial charge in [0.15, 0.2) is 11.5 Å². The van der Waals surface area contributed by atoms with E-state index in [-0.39, 0.29) is 5.92 Å². The van der Waals surface area contributed by atoms with Crippen LogP contribution in [0, 0.1) is 5.92 Å². The third-order valence-electron chi connectivity index (χ3n) is 3.62. The maximum atomic E-state index is 11.4. The molecule has 1 atom stereocenters. The number of nitrogens with zero attached hydrogens (tertiary/aromatic N) is 4. The predicted octanol–water partition coefficient (Wildman–Crippen LogP) is 2.07. The van der Waals surface area contributed by atoms with Crippen LogP contribution in [-0.2, 0) is 4.79 Å². The summed E-state index contributed by atoms with van der Waals surface area (Å²) in [5.41, 5.74) is 1.41. The van der Waals surface area contributed by atoms with Crippen LogP contribution in [0.15, 0.2) is 12.7 Å². The van der Waals surface area contributed by atoms with E-state index >= 15 is 0 Å². The average Bonchev–Trinajstić information content (AvgIpc) is 3.17. The minimum absolute atomic E-state index is 0.278. The van der Waals surface area contributed by atoms with Crippen molar-refractivity contribution in [1.29, 1.82) is 0 Å². The van der Waals surface area contributed by atoms with Gasteiger partial charge in [-0.2, -0.15) is 0 Å². The Kier molecular flexibility index (Phi) is 3.48. The molecule has 7 heteroatoms. The molecule has 1 fully saturated rings. The van der Waals surface area contributed by atoms with Gasteiger partial charge in [0, 0.05) is 6.04 Å². The molecule has 2 N–H and O–H groups in total. The fraction of sp³-hybridized carbons (Fsp3) is 0.571. The Balaban J connectivity index is 1.90. The number of aromatic nitrogens is 4. The van der Waals surface area contributed by atoms with Crippen molar-refractivity contribution < 1.29 is 9.90 Å². The molecule has 7 nitrogen and oxygen atoms in total. The van der Waals surface area contributed by atoms with Crippen LogP contribution in [0.5, 0.6) is 0 Å². The van der Waals surface area contributed by atoms with Crippen molar-refractivity contribution in [3.05, 3.63) is 12.7 Å². The highest BCUT2D eigenvalue weighted by Gasteiger charge is 2.27. The lowest BCUT2D eigenvalue weighted by Crippen LogP contribution is -2.31. The van der Waals surface area contributed by atoms with Gasteiger partial charge in [0.25, 0.3) is 0 Å². The van der Waals surface area contributed by atoms with Crippen LogP contribution in [0.4, 0.5) is 5.82 Å². The smallest absolute Gasteiger partial charge is 0.326 e. The number of hydrogen-bond donors (Lipinski definition) is 2. The number of aliphatic carboxylic acids is 1. The van der Waals surface area contributed by atoms with Crippen molar-refractivity contribution in [2.24, 2.45) is 5.92 Å². The Morgan fingerprint density at radius 2 is 2.19 bits per heavy atom. The van der Waals surface area contributed by atoms with Crippen molar-refractivity contribution in [1.82, 2.24) is 19.5 Å². The van der Waals surface area contributed by atoms with E-state index in [0.29, 0.717) is 23.8 Å². The van der Waals surface area contributed by atoms with Crippen molar-refractivity contribution in [2.45, 2.75) is 45.2 Å². The number of nitrogens with one attached hydrogen (secondary N) is 1. The van der Waals surface area contributed by atoms with Crippen molar-refractivity contribution in [3.8, 4) is 0 Å². The quantitative estimate of drug-likeness (QED) is 0.845. The van der Waals surface area contributed by atoms with Crippen LogP contribution in [0.3, 0.4) is 0 Å². The monoisotopic (exact) mass is 289 g/mol.